The van der Waals surface area contributed by atoms with E-state index in [0.29, 0.717) is 6.04 Å². The van der Waals surface area contributed by atoms with Gasteiger partial charge in [-0.25, -0.2) is 0 Å². The van der Waals surface area contributed by atoms with Crippen LogP contribution in [0, 0.1) is 11.8 Å². The third-order valence-electron chi connectivity index (χ3n) is 3.64. The van der Waals surface area contributed by atoms with Gasteiger partial charge in [0.15, 0.2) is 0 Å². The average molecular weight is 237 g/mol. The molecule has 0 aromatic carbocycles. The van der Waals surface area contributed by atoms with Crippen LogP contribution in [0.3, 0.4) is 0 Å². The molecule has 1 rings (SSSR count). The molecule has 0 spiro atoms. The lowest BCUT2D eigenvalue weighted by molar-refractivity contribution is -0.0601. The first-order chi connectivity index (χ1) is 8.29. The summed E-state index contributed by atoms with van der Waals surface area (Å²) >= 11 is 0. The number of rotatable bonds is 7. The van der Waals surface area contributed by atoms with Crippen molar-refractivity contribution in [3.05, 3.63) is 0 Å². The normalized spacial score (nSPS) is 19.7. The molecule has 0 saturated heterocycles. The lowest BCUT2D eigenvalue weighted by Gasteiger charge is -2.37. The largest absolute Gasteiger partial charge is 0.374 e. The van der Waals surface area contributed by atoms with Gasteiger partial charge in [0.1, 0.15) is 0 Å². The molecule has 1 N–H and O–H groups in total. The van der Waals surface area contributed by atoms with Gasteiger partial charge in [-0.1, -0.05) is 19.8 Å². The molecule has 0 aliphatic heterocycles. The van der Waals surface area contributed by atoms with Gasteiger partial charge in [-0.05, 0) is 39.7 Å². The first-order valence-electron chi connectivity index (χ1n) is 7.06. The summed E-state index contributed by atoms with van der Waals surface area (Å²) in [6.07, 6.45) is 7.05. The van der Waals surface area contributed by atoms with Crippen LogP contribution in [0.25, 0.3) is 0 Å². The molecule has 2 nitrogen and oxygen atoms in total. The van der Waals surface area contributed by atoms with Crippen LogP contribution < -0.4 is 5.32 Å². The SMILES string of the molecule is CC#CCC(NCCC)C1(OCC)CCCC1. The zero-order chi connectivity index (χ0) is 12.6. The molecule has 0 heterocycles. The molecule has 1 aliphatic rings. The van der Waals surface area contributed by atoms with Gasteiger partial charge in [0, 0.05) is 19.1 Å². The Morgan fingerprint density at radius 3 is 2.53 bits per heavy atom. The van der Waals surface area contributed by atoms with Crippen molar-refractivity contribution in [3.8, 4) is 11.8 Å². The van der Waals surface area contributed by atoms with Gasteiger partial charge in [-0.15, -0.1) is 11.8 Å². The van der Waals surface area contributed by atoms with Gasteiger partial charge >= 0.3 is 0 Å². The molecule has 1 unspecified atom stereocenters. The van der Waals surface area contributed by atoms with Crippen LogP contribution in [0.2, 0.25) is 0 Å². The maximum absolute atomic E-state index is 6.12. The molecule has 0 bridgehead atoms. The first-order valence-corrected chi connectivity index (χ1v) is 7.06. The van der Waals surface area contributed by atoms with E-state index in [4.69, 9.17) is 4.74 Å². The molecule has 2 heteroatoms. The van der Waals surface area contributed by atoms with Gasteiger partial charge < -0.3 is 10.1 Å². The number of hydrogen-bond acceptors (Lipinski definition) is 2. The Morgan fingerprint density at radius 2 is 2.00 bits per heavy atom. The van der Waals surface area contributed by atoms with Gasteiger partial charge in [-0.2, -0.15) is 0 Å². The van der Waals surface area contributed by atoms with Crippen molar-refractivity contribution in [1.82, 2.24) is 5.32 Å². The van der Waals surface area contributed by atoms with E-state index < -0.39 is 0 Å². The first kappa shape index (κ1) is 14.5. The summed E-state index contributed by atoms with van der Waals surface area (Å²) in [5.41, 5.74) is 0.0494. The molecular formula is C15H27NO. The molecule has 0 aromatic rings. The molecule has 0 radical (unpaired) electrons. The second kappa shape index (κ2) is 7.74. The Hall–Kier alpha value is -0.520. The topological polar surface area (TPSA) is 21.3 Å². The highest BCUT2D eigenvalue weighted by molar-refractivity contribution is 5.06. The Bertz CT molecular complexity index is 258. The number of nitrogens with one attached hydrogen (secondary N) is 1. The van der Waals surface area contributed by atoms with Crippen molar-refractivity contribution in [3.63, 3.8) is 0 Å². The van der Waals surface area contributed by atoms with Gasteiger partial charge in [0.2, 0.25) is 0 Å². The number of hydrogen-bond donors (Lipinski definition) is 1. The third kappa shape index (κ3) is 4.01. The molecule has 1 aliphatic carbocycles. The van der Waals surface area contributed by atoms with Crippen LogP contribution in [0.4, 0.5) is 0 Å². The predicted molar refractivity (Wildman–Crippen MR) is 73.0 cm³/mol. The fourth-order valence-electron chi connectivity index (χ4n) is 2.82. The van der Waals surface area contributed by atoms with E-state index in [1.54, 1.807) is 0 Å². The molecule has 17 heavy (non-hydrogen) atoms. The Morgan fingerprint density at radius 1 is 1.29 bits per heavy atom. The smallest absolute Gasteiger partial charge is 0.0843 e. The van der Waals surface area contributed by atoms with Crippen LogP contribution in [0.15, 0.2) is 0 Å². The maximum Gasteiger partial charge on any atom is 0.0843 e. The maximum atomic E-state index is 6.12. The molecule has 98 valence electrons. The van der Waals surface area contributed by atoms with Crippen molar-refractivity contribution in [2.24, 2.45) is 0 Å². The summed E-state index contributed by atoms with van der Waals surface area (Å²) in [5.74, 6) is 6.24. The van der Waals surface area contributed by atoms with Crippen molar-refractivity contribution < 1.29 is 4.74 Å². The molecular weight excluding hydrogens is 210 g/mol. The van der Waals surface area contributed by atoms with Crippen LogP contribution in [0.5, 0.6) is 0 Å². The molecule has 1 atom stereocenters. The lowest BCUT2D eigenvalue weighted by Crippen LogP contribution is -2.51. The summed E-state index contributed by atoms with van der Waals surface area (Å²) in [7, 11) is 0. The molecule has 0 amide bonds. The summed E-state index contributed by atoms with van der Waals surface area (Å²) in [4.78, 5) is 0. The highest BCUT2D eigenvalue weighted by Gasteiger charge is 2.41. The van der Waals surface area contributed by atoms with E-state index in [0.717, 1.165) is 26.0 Å². The van der Waals surface area contributed by atoms with Crippen molar-refractivity contribution in [1.29, 1.82) is 0 Å². The monoisotopic (exact) mass is 237 g/mol. The predicted octanol–water partition coefficient (Wildman–Crippen LogP) is 3.12. The molecule has 1 fully saturated rings. The van der Waals surface area contributed by atoms with Gasteiger partial charge in [0.05, 0.1) is 5.60 Å². The Labute approximate surface area is 107 Å². The summed E-state index contributed by atoms with van der Waals surface area (Å²) < 4.78 is 6.12. The summed E-state index contributed by atoms with van der Waals surface area (Å²) in [5, 5.41) is 3.64. The van der Waals surface area contributed by atoms with Crippen molar-refractivity contribution in [2.45, 2.75) is 70.9 Å². The van der Waals surface area contributed by atoms with Crippen LogP contribution in [-0.4, -0.2) is 24.8 Å². The fraction of sp³-hybridized carbons (Fsp3) is 0.867. The standard InChI is InChI=1S/C15H27NO/c1-4-7-10-14(16-13-5-2)15(17-6-3)11-8-9-12-15/h14,16H,5-6,8-13H2,1-3H3. The van der Waals surface area contributed by atoms with Gasteiger partial charge in [0.25, 0.3) is 0 Å². The van der Waals surface area contributed by atoms with E-state index in [-0.39, 0.29) is 5.60 Å². The summed E-state index contributed by atoms with van der Waals surface area (Å²) in [6, 6.07) is 0.400. The minimum atomic E-state index is 0.0494. The molecule has 0 aromatic heterocycles. The zero-order valence-corrected chi connectivity index (χ0v) is 11.6. The Balaban J connectivity index is 2.70. The fourth-order valence-corrected chi connectivity index (χ4v) is 2.82. The van der Waals surface area contributed by atoms with E-state index in [2.05, 4.69) is 31.0 Å². The second-order valence-electron chi connectivity index (χ2n) is 4.84. The minimum absolute atomic E-state index is 0.0494. The van der Waals surface area contributed by atoms with Crippen LogP contribution >= 0.6 is 0 Å². The second-order valence-corrected chi connectivity index (χ2v) is 4.84. The third-order valence-corrected chi connectivity index (χ3v) is 3.64. The van der Waals surface area contributed by atoms with E-state index in [1.165, 1.54) is 25.7 Å². The van der Waals surface area contributed by atoms with E-state index in [9.17, 15) is 0 Å². The highest BCUT2D eigenvalue weighted by atomic mass is 16.5. The van der Waals surface area contributed by atoms with Crippen LogP contribution in [0.1, 0.15) is 59.3 Å². The summed E-state index contributed by atoms with van der Waals surface area (Å²) in [6.45, 7) is 8.09. The number of ether oxygens (including phenoxy) is 1. The minimum Gasteiger partial charge on any atom is -0.374 e. The van der Waals surface area contributed by atoms with E-state index >= 15 is 0 Å². The lowest BCUT2D eigenvalue weighted by atomic mass is 9.89. The quantitative estimate of drug-likeness (QED) is 0.687. The molecule has 1 saturated carbocycles. The highest BCUT2D eigenvalue weighted by Crippen LogP contribution is 2.37. The van der Waals surface area contributed by atoms with Crippen LogP contribution in [-0.2, 0) is 4.74 Å². The van der Waals surface area contributed by atoms with Crippen molar-refractivity contribution in [2.75, 3.05) is 13.2 Å². The Kier molecular flexibility index (Phi) is 6.62. The zero-order valence-electron chi connectivity index (χ0n) is 11.6. The average Bonchev–Trinajstić information content (AvgIpc) is 2.79. The van der Waals surface area contributed by atoms with E-state index in [1.807, 2.05) is 6.92 Å². The van der Waals surface area contributed by atoms with Crippen molar-refractivity contribution >= 4 is 0 Å². The van der Waals surface area contributed by atoms with Gasteiger partial charge in [-0.3, -0.25) is 0 Å².